The monoisotopic (exact) mass is 337 g/mol. The summed E-state index contributed by atoms with van der Waals surface area (Å²) in [6.45, 7) is 8.40. The van der Waals surface area contributed by atoms with Crippen LogP contribution in [-0.2, 0) is 23.2 Å². The minimum Gasteiger partial charge on any atom is -0.481 e. The molecule has 0 aromatic rings. The number of phosphoric ester groups is 1. The van der Waals surface area contributed by atoms with E-state index >= 15 is 0 Å². The SMILES string of the molecule is CC(C)(C)C(CNC(=O)[C@@H]1OP(=O)(O)OCC1(C)C)C(=O)O. The van der Waals surface area contributed by atoms with E-state index in [-0.39, 0.29) is 13.2 Å². The lowest BCUT2D eigenvalue weighted by Crippen LogP contribution is -2.51. The fraction of sp³-hybridized carbons (Fsp3) is 0.846. The van der Waals surface area contributed by atoms with Crippen molar-refractivity contribution in [3.05, 3.63) is 0 Å². The van der Waals surface area contributed by atoms with Crippen LogP contribution in [0.4, 0.5) is 0 Å². The fourth-order valence-electron chi connectivity index (χ4n) is 2.09. The normalized spacial score (nSPS) is 29.6. The zero-order chi connectivity index (χ0) is 17.3. The smallest absolute Gasteiger partial charge is 0.472 e. The third kappa shape index (κ3) is 4.78. The van der Waals surface area contributed by atoms with Crippen LogP contribution in [0.5, 0.6) is 0 Å². The van der Waals surface area contributed by atoms with E-state index in [2.05, 4.69) is 5.32 Å². The Bertz CT molecular complexity index is 497. The lowest BCUT2D eigenvalue weighted by Gasteiger charge is -2.38. The molecule has 8 nitrogen and oxygen atoms in total. The minimum atomic E-state index is -4.25. The maximum atomic E-state index is 12.2. The van der Waals surface area contributed by atoms with Crippen LogP contribution in [0, 0.1) is 16.7 Å². The van der Waals surface area contributed by atoms with E-state index in [1.54, 1.807) is 34.6 Å². The second-order valence-electron chi connectivity index (χ2n) is 7.22. The van der Waals surface area contributed by atoms with Gasteiger partial charge in [0.15, 0.2) is 6.10 Å². The van der Waals surface area contributed by atoms with Gasteiger partial charge in [-0.1, -0.05) is 34.6 Å². The summed E-state index contributed by atoms with van der Waals surface area (Å²) >= 11 is 0. The molecule has 1 saturated heterocycles. The quantitative estimate of drug-likeness (QED) is 0.663. The maximum absolute atomic E-state index is 12.2. The third-order valence-corrected chi connectivity index (χ3v) is 4.54. The van der Waals surface area contributed by atoms with Gasteiger partial charge in [0.2, 0.25) is 5.91 Å². The number of aliphatic carboxylic acids is 1. The van der Waals surface area contributed by atoms with E-state index in [9.17, 15) is 24.2 Å². The second kappa shape index (κ2) is 6.28. The molecule has 0 aliphatic carbocycles. The Morgan fingerprint density at radius 2 is 1.95 bits per heavy atom. The first kappa shape index (κ1) is 19.1. The summed E-state index contributed by atoms with van der Waals surface area (Å²) < 4.78 is 21.0. The van der Waals surface area contributed by atoms with Crippen LogP contribution in [0.3, 0.4) is 0 Å². The highest BCUT2D eigenvalue weighted by Crippen LogP contribution is 2.52. The average molecular weight is 337 g/mol. The van der Waals surface area contributed by atoms with Gasteiger partial charge < -0.3 is 15.3 Å². The number of carbonyl (C=O) groups excluding carboxylic acids is 1. The Labute approximate surface area is 129 Å². The summed E-state index contributed by atoms with van der Waals surface area (Å²) in [6.07, 6.45) is -1.19. The standard InChI is InChI=1S/C13H24NO7P/c1-12(2,3)8(11(16)17)6-14-10(15)9-13(4,5)7-20-22(18,19)21-9/h8-9H,6-7H2,1-5H3,(H,14,15)(H,16,17)(H,18,19)/t8?,9-/m0/s1. The summed E-state index contributed by atoms with van der Waals surface area (Å²) in [7, 11) is -4.25. The number of amides is 1. The lowest BCUT2D eigenvalue weighted by atomic mass is 9.80. The molecule has 1 aliphatic heterocycles. The van der Waals surface area contributed by atoms with Gasteiger partial charge in [0.05, 0.1) is 12.5 Å². The van der Waals surface area contributed by atoms with Crippen molar-refractivity contribution in [3.63, 3.8) is 0 Å². The lowest BCUT2D eigenvalue weighted by molar-refractivity contribution is -0.147. The third-order valence-electron chi connectivity index (χ3n) is 3.61. The highest BCUT2D eigenvalue weighted by atomic mass is 31.2. The first-order chi connectivity index (χ1) is 9.76. The van der Waals surface area contributed by atoms with Gasteiger partial charge in [-0.05, 0) is 5.41 Å². The molecular weight excluding hydrogens is 313 g/mol. The first-order valence-electron chi connectivity index (χ1n) is 6.92. The second-order valence-corrected chi connectivity index (χ2v) is 8.62. The van der Waals surface area contributed by atoms with Crippen molar-refractivity contribution < 1.29 is 33.2 Å². The Hall–Kier alpha value is -0.950. The van der Waals surface area contributed by atoms with Crippen molar-refractivity contribution in [2.75, 3.05) is 13.2 Å². The van der Waals surface area contributed by atoms with Crippen LogP contribution in [0.15, 0.2) is 0 Å². The minimum absolute atomic E-state index is 0.0931. The Morgan fingerprint density at radius 1 is 1.41 bits per heavy atom. The molecule has 0 radical (unpaired) electrons. The number of nitrogens with one attached hydrogen (secondary N) is 1. The molecule has 9 heteroatoms. The highest BCUT2D eigenvalue weighted by molar-refractivity contribution is 7.47. The maximum Gasteiger partial charge on any atom is 0.472 e. The van der Waals surface area contributed by atoms with E-state index in [4.69, 9.17) is 9.05 Å². The van der Waals surface area contributed by atoms with Crippen LogP contribution in [0.25, 0.3) is 0 Å². The van der Waals surface area contributed by atoms with Gasteiger partial charge in [0.1, 0.15) is 0 Å². The van der Waals surface area contributed by atoms with Gasteiger partial charge in [-0.3, -0.25) is 18.6 Å². The molecule has 0 bridgehead atoms. The topological polar surface area (TPSA) is 122 Å². The van der Waals surface area contributed by atoms with Crippen LogP contribution < -0.4 is 5.32 Å². The van der Waals surface area contributed by atoms with Gasteiger partial charge in [-0.2, -0.15) is 0 Å². The number of rotatable bonds is 4. The van der Waals surface area contributed by atoms with Gasteiger partial charge in [-0.15, -0.1) is 0 Å². The highest BCUT2D eigenvalue weighted by Gasteiger charge is 2.47. The number of carbonyl (C=O) groups is 2. The average Bonchev–Trinajstić information content (AvgIpc) is 2.30. The predicted molar refractivity (Wildman–Crippen MR) is 78.0 cm³/mol. The molecule has 22 heavy (non-hydrogen) atoms. The van der Waals surface area contributed by atoms with Crippen molar-refractivity contribution >= 4 is 19.7 Å². The van der Waals surface area contributed by atoms with E-state index < -0.39 is 42.6 Å². The van der Waals surface area contributed by atoms with Gasteiger partial charge in [-0.25, -0.2) is 4.57 Å². The number of carboxylic acids is 1. The molecule has 1 heterocycles. The number of hydrogen-bond acceptors (Lipinski definition) is 5. The molecule has 1 rings (SSSR count). The fourth-order valence-corrected chi connectivity index (χ4v) is 3.30. The molecule has 2 unspecified atom stereocenters. The van der Waals surface area contributed by atoms with Gasteiger partial charge >= 0.3 is 13.8 Å². The van der Waals surface area contributed by atoms with Crippen molar-refractivity contribution in [1.82, 2.24) is 5.32 Å². The van der Waals surface area contributed by atoms with Crippen molar-refractivity contribution in [2.24, 2.45) is 16.7 Å². The summed E-state index contributed by atoms with van der Waals surface area (Å²) in [5, 5.41) is 11.7. The summed E-state index contributed by atoms with van der Waals surface area (Å²) in [4.78, 5) is 32.9. The number of phosphoric acid groups is 1. The van der Waals surface area contributed by atoms with E-state index in [1.165, 1.54) is 0 Å². The molecule has 0 aromatic carbocycles. The van der Waals surface area contributed by atoms with Crippen molar-refractivity contribution in [1.29, 1.82) is 0 Å². The predicted octanol–water partition coefficient (Wildman–Crippen LogP) is 1.39. The molecule has 128 valence electrons. The zero-order valence-electron chi connectivity index (χ0n) is 13.5. The first-order valence-corrected chi connectivity index (χ1v) is 8.42. The molecule has 1 fully saturated rings. The summed E-state index contributed by atoms with van der Waals surface area (Å²) in [6, 6.07) is 0. The van der Waals surface area contributed by atoms with Crippen LogP contribution in [-0.4, -0.2) is 41.1 Å². The van der Waals surface area contributed by atoms with Crippen molar-refractivity contribution in [2.45, 2.75) is 40.7 Å². The van der Waals surface area contributed by atoms with E-state index in [0.29, 0.717) is 0 Å². The van der Waals surface area contributed by atoms with E-state index in [0.717, 1.165) is 0 Å². The summed E-state index contributed by atoms with van der Waals surface area (Å²) in [5.74, 6) is -2.44. The molecule has 0 saturated carbocycles. The van der Waals surface area contributed by atoms with Gasteiger partial charge in [0, 0.05) is 12.0 Å². The van der Waals surface area contributed by atoms with Crippen molar-refractivity contribution in [3.8, 4) is 0 Å². The summed E-state index contributed by atoms with van der Waals surface area (Å²) in [5.41, 5.74) is -1.35. The molecule has 1 aliphatic rings. The Balaban J connectivity index is 2.79. The van der Waals surface area contributed by atoms with Crippen LogP contribution in [0.2, 0.25) is 0 Å². The van der Waals surface area contributed by atoms with Crippen LogP contribution >= 0.6 is 7.82 Å². The zero-order valence-corrected chi connectivity index (χ0v) is 14.3. The molecule has 0 aromatic heterocycles. The molecule has 1 amide bonds. The molecular formula is C13H24NO7P. The molecule has 3 N–H and O–H groups in total. The largest absolute Gasteiger partial charge is 0.481 e. The molecule has 0 spiro atoms. The Kier molecular flexibility index (Phi) is 5.45. The van der Waals surface area contributed by atoms with Crippen LogP contribution in [0.1, 0.15) is 34.6 Å². The Morgan fingerprint density at radius 3 is 2.41 bits per heavy atom. The number of hydrogen-bond donors (Lipinski definition) is 3. The van der Waals surface area contributed by atoms with E-state index in [1.807, 2.05) is 0 Å². The van der Waals surface area contributed by atoms with Gasteiger partial charge in [0.25, 0.3) is 0 Å². The number of carboxylic acid groups (broad SMARTS) is 1. The molecule has 3 atom stereocenters.